The summed E-state index contributed by atoms with van der Waals surface area (Å²) in [6.07, 6.45) is 3.39. The summed E-state index contributed by atoms with van der Waals surface area (Å²) in [4.78, 5) is 11.6. The molecule has 3 heteroatoms. The molecule has 15 heavy (non-hydrogen) atoms. The summed E-state index contributed by atoms with van der Waals surface area (Å²) in [5, 5.41) is 5.96. The second-order valence-electron chi connectivity index (χ2n) is 6.45. The largest absolute Gasteiger partial charge is 0.335 e. The lowest BCUT2D eigenvalue weighted by Gasteiger charge is -2.23. The number of carbonyl (C=O) groups is 1. The van der Waals surface area contributed by atoms with Crippen molar-refractivity contribution in [3.63, 3.8) is 0 Å². The van der Waals surface area contributed by atoms with E-state index in [1.807, 2.05) is 20.8 Å². The van der Waals surface area contributed by atoms with Crippen molar-refractivity contribution in [2.24, 2.45) is 5.41 Å². The van der Waals surface area contributed by atoms with Crippen LogP contribution in [0.4, 0.5) is 4.79 Å². The maximum atomic E-state index is 11.6. The van der Waals surface area contributed by atoms with E-state index < -0.39 is 0 Å². The van der Waals surface area contributed by atoms with E-state index >= 15 is 0 Å². The molecule has 0 aromatic rings. The molecule has 1 unspecified atom stereocenters. The minimum atomic E-state index is -0.155. The summed E-state index contributed by atoms with van der Waals surface area (Å²) in [6.45, 7) is 10.5. The topological polar surface area (TPSA) is 41.1 Å². The summed E-state index contributed by atoms with van der Waals surface area (Å²) in [6, 6.07) is 0.313. The molecule has 2 N–H and O–H groups in total. The quantitative estimate of drug-likeness (QED) is 0.689. The third-order valence-electron chi connectivity index (χ3n) is 2.79. The van der Waals surface area contributed by atoms with Crippen LogP contribution >= 0.6 is 0 Å². The van der Waals surface area contributed by atoms with E-state index in [4.69, 9.17) is 0 Å². The zero-order valence-electron chi connectivity index (χ0n) is 10.6. The first-order chi connectivity index (χ1) is 6.68. The van der Waals surface area contributed by atoms with Crippen LogP contribution in [0.3, 0.4) is 0 Å². The van der Waals surface area contributed by atoms with Crippen molar-refractivity contribution in [3.8, 4) is 0 Å². The Morgan fingerprint density at radius 1 is 1.33 bits per heavy atom. The van der Waals surface area contributed by atoms with Crippen molar-refractivity contribution in [2.45, 2.75) is 65.5 Å². The van der Waals surface area contributed by atoms with Gasteiger partial charge in [-0.05, 0) is 45.4 Å². The first-order valence-electron chi connectivity index (χ1n) is 5.77. The summed E-state index contributed by atoms with van der Waals surface area (Å²) in [5.74, 6) is 0. The van der Waals surface area contributed by atoms with Crippen molar-refractivity contribution in [2.75, 3.05) is 0 Å². The summed E-state index contributed by atoms with van der Waals surface area (Å²) >= 11 is 0. The molecular formula is C12H24N2O. The normalized spacial score (nSPS) is 25.0. The number of carbonyl (C=O) groups excluding carboxylic acids is 1. The molecular weight excluding hydrogens is 188 g/mol. The zero-order valence-corrected chi connectivity index (χ0v) is 10.6. The van der Waals surface area contributed by atoms with Crippen molar-refractivity contribution in [1.29, 1.82) is 0 Å². The van der Waals surface area contributed by atoms with Crippen LogP contribution < -0.4 is 10.6 Å². The van der Waals surface area contributed by atoms with Crippen LogP contribution in [0.25, 0.3) is 0 Å². The fraction of sp³-hybridized carbons (Fsp3) is 0.917. The Balaban J connectivity index is 2.34. The van der Waals surface area contributed by atoms with Gasteiger partial charge in [-0.2, -0.15) is 0 Å². The van der Waals surface area contributed by atoms with E-state index in [2.05, 4.69) is 24.5 Å². The van der Waals surface area contributed by atoms with Crippen LogP contribution in [0, 0.1) is 5.41 Å². The zero-order chi connectivity index (χ0) is 11.7. The van der Waals surface area contributed by atoms with Gasteiger partial charge >= 0.3 is 6.03 Å². The molecule has 0 bridgehead atoms. The Hall–Kier alpha value is -0.730. The molecule has 1 rings (SSSR count). The molecule has 1 aliphatic carbocycles. The fourth-order valence-electron chi connectivity index (χ4n) is 2.12. The Morgan fingerprint density at radius 3 is 2.33 bits per heavy atom. The highest BCUT2D eigenvalue weighted by molar-refractivity contribution is 5.75. The van der Waals surface area contributed by atoms with E-state index in [1.165, 1.54) is 6.42 Å². The highest BCUT2D eigenvalue weighted by Gasteiger charge is 2.31. The first kappa shape index (κ1) is 12.3. The van der Waals surface area contributed by atoms with Gasteiger partial charge in [-0.1, -0.05) is 13.8 Å². The molecule has 0 aromatic carbocycles. The van der Waals surface area contributed by atoms with E-state index in [0.717, 1.165) is 12.8 Å². The van der Waals surface area contributed by atoms with Crippen molar-refractivity contribution >= 4 is 6.03 Å². The second-order valence-corrected chi connectivity index (χ2v) is 6.45. The highest BCUT2D eigenvalue weighted by Crippen LogP contribution is 2.36. The first-order valence-corrected chi connectivity index (χ1v) is 5.77. The predicted octanol–water partition coefficient (Wildman–Crippen LogP) is 2.66. The van der Waals surface area contributed by atoms with Crippen LogP contribution in [0.5, 0.6) is 0 Å². The lowest BCUT2D eigenvalue weighted by atomic mass is 9.92. The summed E-state index contributed by atoms with van der Waals surface area (Å²) < 4.78 is 0. The Morgan fingerprint density at radius 2 is 1.93 bits per heavy atom. The molecule has 0 heterocycles. The Labute approximate surface area is 93.0 Å². The Kier molecular flexibility index (Phi) is 3.31. The van der Waals surface area contributed by atoms with Gasteiger partial charge in [-0.3, -0.25) is 0 Å². The van der Waals surface area contributed by atoms with Crippen LogP contribution in [-0.2, 0) is 0 Å². The average molecular weight is 212 g/mol. The monoisotopic (exact) mass is 212 g/mol. The summed E-state index contributed by atoms with van der Waals surface area (Å²) in [7, 11) is 0. The van der Waals surface area contributed by atoms with Crippen molar-refractivity contribution in [3.05, 3.63) is 0 Å². The molecule has 0 saturated heterocycles. The lowest BCUT2D eigenvalue weighted by Crippen LogP contribution is -2.49. The molecule has 2 amide bonds. The van der Waals surface area contributed by atoms with Crippen LogP contribution in [0.2, 0.25) is 0 Å². The number of hydrogen-bond donors (Lipinski definition) is 2. The van der Waals surface area contributed by atoms with Gasteiger partial charge in [0.05, 0.1) is 0 Å². The standard InChI is InChI=1S/C12H24N2O/c1-11(2,3)14-10(15)13-9-6-7-12(4,5)8-9/h9H,6-8H2,1-5H3,(H2,13,14,15). The molecule has 3 nitrogen and oxygen atoms in total. The van der Waals surface area contributed by atoms with Crippen LogP contribution in [0.1, 0.15) is 53.9 Å². The van der Waals surface area contributed by atoms with Crippen molar-refractivity contribution < 1.29 is 4.79 Å². The van der Waals surface area contributed by atoms with Crippen molar-refractivity contribution in [1.82, 2.24) is 10.6 Å². The number of urea groups is 1. The Bertz CT molecular complexity index is 240. The molecule has 0 radical (unpaired) electrons. The third-order valence-corrected chi connectivity index (χ3v) is 2.79. The average Bonchev–Trinajstić information content (AvgIpc) is 2.25. The maximum Gasteiger partial charge on any atom is 0.315 e. The molecule has 1 aliphatic rings. The molecule has 1 fully saturated rings. The van der Waals surface area contributed by atoms with Crippen LogP contribution in [-0.4, -0.2) is 17.6 Å². The molecule has 1 atom stereocenters. The number of rotatable bonds is 1. The summed E-state index contributed by atoms with van der Waals surface area (Å²) in [5.41, 5.74) is 0.234. The number of amides is 2. The van der Waals surface area contributed by atoms with E-state index in [-0.39, 0.29) is 11.6 Å². The van der Waals surface area contributed by atoms with Gasteiger partial charge in [0.1, 0.15) is 0 Å². The number of nitrogens with one attached hydrogen (secondary N) is 2. The maximum absolute atomic E-state index is 11.6. The van der Waals surface area contributed by atoms with Gasteiger partial charge in [0.15, 0.2) is 0 Å². The van der Waals surface area contributed by atoms with E-state index in [9.17, 15) is 4.79 Å². The van der Waals surface area contributed by atoms with Crippen LogP contribution in [0.15, 0.2) is 0 Å². The molecule has 0 spiro atoms. The van der Waals surface area contributed by atoms with Gasteiger partial charge in [0, 0.05) is 11.6 Å². The van der Waals surface area contributed by atoms with Gasteiger partial charge < -0.3 is 10.6 Å². The smallest absolute Gasteiger partial charge is 0.315 e. The molecule has 1 saturated carbocycles. The van der Waals surface area contributed by atoms with Gasteiger partial charge in [0.2, 0.25) is 0 Å². The fourth-order valence-corrected chi connectivity index (χ4v) is 2.12. The van der Waals surface area contributed by atoms with Gasteiger partial charge in [-0.15, -0.1) is 0 Å². The van der Waals surface area contributed by atoms with E-state index in [0.29, 0.717) is 11.5 Å². The highest BCUT2D eigenvalue weighted by atomic mass is 16.2. The second kappa shape index (κ2) is 4.03. The third kappa shape index (κ3) is 4.54. The number of hydrogen-bond acceptors (Lipinski definition) is 1. The predicted molar refractivity (Wildman–Crippen MR) is 62.8 cm³/mol. The lowest BCUT2D eigenvalue weighted by molar-refractivity contribution is 0.227. The molecule has 0 aromatic heterocycles. The van der Waals surface area contributed by atoms with Gasteiger partial charge in [0.25, 0.3) is 0 Å². The molecule has 88 valence electrons. The van der Waals surface area contributed by atoms with E-state index in [1.54, 1.807) is 0 Å². The molecule has 0 aliphatic heterocycles. The minimum absolute atomic E-state index is 0.0369. The minimum Gasteiger partial charge on any atom is -0.335 e. The SMILES string of the molecule is CC1(C)CCC(NC(=O)NC(C)(C)C)C1. The van der Waals surface area contributed by atoms with Gasteiger partial charge in [-0.25, -0.2) is 4.79 Å².